The number of hydrogen-bond acceptors (Lipinski definition) is 2. The second-order valence-electron chi connectivity index (χ2n) is 4.29. The Labute approximate surface area is 100 Å². The van der Waals surface area contributed by atoms with Crippen molar-refractivity contribution in [2.75, 3.05) is 0 Å². The van der Waals surface area contributed by atoms with Gasteiger partial charge in [0.1, 0.15) is 11.3 Å². The van der Waals surface area contributed by atoms with Crippen LogP contribution in [0.5, 0.6) is 0 Å². The molecule has 0 aliphatic rings. The highest BCUT2D eigenvalue weighted by atomic mass is 16.4. The zero-order valence-electron chi connectivity index (χ0n) is 10.1. The van der Waals surface area contributed by atoms with Gasteiger partial charge in [0.05, 0.1) is 6.42 Å². The Balaban J connectivity index is 2.49. The molecule has 0 radical (unpaired) electrons. The molecule has 0 bridgehead atoms. The molecule has 17 heavy (non-hydrogen) atoms. The van der Waals surface area contributed by atoms with Gasteiger partial charge in [-0.2, -0.15) is 0 Å². The predicted octanol–water partition coefficient (Wildman–Crippen LogP) is 3.57. The van der Waals surface area contributed by atoms with Crippen LogP contribution in [0, 0.1) is 0 Å². The average molecular weight is 232 g/mol. The van der Waals surface area contributed by atoms with Crippen molar-refractivity contribution in [1.29, 1.82) is 0 Å². The molecule has 0 saturated heterocycles. The Bertz CT molecular complexity index is 539. The standard InChI is InChI=1S/C14H16O3/c1-3-10-11-6-4-5-7-12(11)17-14(10)9(2)8-13(15)16/h4-7,9H,3,8H2,1-2H3,(H,15,16). The normalized spacial score (nSPS) is 12.8. The first-order valence-corrected chi connectivity index (χ1v) is 5.85. The van der Waals surface area contributed by atoms with Gasteiger partial charge in [0.2, 0.25) is 0 Å². The molecule has 1 aromatic heterocycles. The Morgan fingerprint density at radius 2 is 2.12 bits per heavy atom. The number of furan rings is 1. The zero-order chi connectivity index (χ0) is 12.4. The summed E-state index contributed by atoms with van der Waals surface area (Å²) in [6.45, 7) is 3.96. The molecule has 3 nitrogen and oxygen atoms in total. The predicted molar refractivity (Wildman–Crippen MR) is 66.3 cm³/mol. The fourth-order valence-corrected chi connectivity index (χ4v) is 2.24. The molecule has 1 unspecified atom stereocenters. The van der Waals surface area contributed by atoms with Crippen LogP contribution >= 0.6 is 0 Å². The highest BCUT2D eigenvalue weighted by molar-refractivity contribution is 5.82. The maximum absolute atomic E-state index is 10.8. The molecular formula is C14H16O3. The number of rotatable bonds is 4. The van der Waals surface area contributed by atoms with Gasteiger partial charge in [0.25, 0.3) is 0 Å². The van der Waals surface area contributed by atoms with E-state index in [2.05, 4.69) is 6.92 Å². The number of hydrogen-bond donors (Lipinski definition) is 1. The number of benzene rings is 1. The van der Waals surface area contributed by atoms with E-state index in [1.54, 1.807) is 0 Å². The monoisotopic (exact) mass is 232 g/mol. The lowest BCUT2D eigenvalue weighted by Gasteiger charge is -2.07. The summed E-state index contributed by atoms with van der Waals surface area (Å²) in [5, 5.41) is 9.94. The van der Waals surface area contributed by atoms with E-state index in [-0.39, 0.29) is 12.3 Å². The highest BCUT2D eigenvalue weighted by Gasteiger charge is 2.19. The summed E-state index contributed by atoms with van der Waals surface area (Å²) < 4.78 is 5.79. The maximum atomic E-state index is 10.8. The van der Waals surface area contributed by atoms with Crippen LogP contribution in [-0.2, 0) is 11.2 Å². The lowest BCUT2D eigenvalue weighted by molar-refractivity contribution is -0.137. The van der Waals surface area contributed by atoms with E-state index in [0.717, 1.165) is 28.7 Å². The molecule has 1 heterocycles. The molecule has 0 saturated carbocycles. The van der Waals surface area contributed by atoms with Gasteiger partial charge in [-0.1, -0.05) is 32.0 Å². The van der Waals surface area contributed by atoms with E-state index in [4.69, 9.17) is 9.52 Å². The van der Waals surface area contributed by atoms with Crippen LogP contribution in [0.1, 0.15) is 37.5 Å². The van der Waals surface area contributed by atoms with Crippen LogP contribution in [0.15, 0.2) is 28.7 Å². The van der Waals surface area contributed by atoms with Gasteiger partial charge in [-0.25, -0.2) is 0 Å². The summed E-state index contributed by atoms with van der Waals surface area (Å²) in [4.78, 5) is 10.8. The highest BCUT2D eigenvalue weighted by Crippen LogP contribution is 2.32. The van der Waals surface area contributed by atoms with Crippen LogP contribution in [0.2, 0.25) is 0 Å². The largest absolute Gasteiger partial charge is 0.481 e. The van der Waals surface area contributed by atoms with Crippen LogP contribution in [0.3, 0.4) is 0 Å². The number of fused-ring (bicyclic) bond motifs is 1. The summed E-state index contributed by atoms with van der Waals surface area (Å²) in [6.07, 6.45) is 0.961. The lowest BCUT2D eigenvalue weighted by atomic mass is 9.98. The van der Waals surface area contributed by atoms with E-state index < -0.39 is 5.97 Å². The van der Waals surface area contributed by atoms with Crippen molar-refractivity contribution in [3.05, 3.63) is 35.6 Å². The van der Waals surface area contributed by atoms with Crippen molar-refractivity contribution < 1.29 is 14.3 Å². The van der Waals surface area contributed by atoms with Gasteiger partial charge < -0.3 is 9.52 Å². The molecule has 3 heteroatoms. The lowest BCUT2D eigenvalue weighted by Crippen LogP contribution is -2.03. The van der Waals surface area contributed by atoms with E-state index in [9.17, 15) is 4.79 Å². The third-order valence-corrected chi connectivity index (χ3v) is 3.01. The number of para-hydroxylation sites is 1. The summed E-state index contributed by atoms with van der Waals surface area (Å²) in [6, 6.07) is 7.85. The zero-order valence-corrected chi connectivity index (χ0v) is 10.1. The number of aryl methyl sites for hydroxylation is 1. The second kappa shape index (κ2) is 4.62. The Morgan fingerprint density at radius 3 is 2.76 bits per heavy atom. The first kappa shape index (κ1) is 11.7. The molecule has 1 N–H and O–H groups in total. The van der Waals surface area contributed by atoms with Crippen molar-refractivity contribution >= 4 is 16.9 Å². The van der Waals surface area contributed by atoms with Crippen LogP contribution in [0.4, 0.5) is 0 Å². The summed E-state index contributed by atoms with van der Waals surface area (Å²) >= 11 is 0. The van der Waals surface area contributed by atoms with Crippen LogP contribution < -0.4 is 0 Å². The molecule has 0 spiro atoms. The van der Waals surface area contributed by atoms with Gasteiger partial charge in [0.15, 0.2) is 0 Å². The minimum absolute atomic E-state index is 0.0881. The van der Waals surface area contributed by atoms with Crippen molar-refractivity contribution in [3.8, 4) is 0 Å². The van der Waals surface area contributed by atoms with Crippen molar-refractivity contribution in [2.24, 2.45) is 0 Å². The van der Waals surface area contributed by atoms with Gasteiger partial charge in [-0.15, -0.1) is 0 Å². The third kappa shape index (κ3) is 2.18. The quantitative estimate of drug-likeness (QED) is 0.876. The first-order valence-electron chi connectivity index (χ1n) is 5.85. The number of carboxylic acids is 1. The van der Waals surface area contributed by atoms with Gasteiger partial charge >= 0.3 is 5.97 Å². The first-order chi connectivity index (χ1) is 8.13. The van der Waals surface area contributed by atoms with Crippen molar-refractivity contribution in [3.63, 3.8) is 0 Å². The SMILES string of the molecule is CCc1c(C(C)CC(=O)O)oc2ccccc12. The Hall–Kier alpha value is -1.77. The van der Waals surface area contributed by atoms with Crippen molar-refractivity contribution in [1.82, 2.24) is 0 Å². The fraction of sp³-hybridized carbons (Fsp3) is 0.357. The maximum Gasteiger partial charge on any atom is 0.304 e. The summed E-state index contributed by atoms with van der Waals surface area (Å²) in [5.74, 6) is -0.0639. The summed E-state index contributed by atoms with van der Waals surface area (Å²) in [5.41, 5.74) is 1.98. The molecule has 0 aliphatic heterocycles. The average Bonchev–Trinajstić information content (AvgIpc) is 2.66. The van der Waals surface area contributed by atoms with Gasteiger partial charge in [-0.3, -0.25) is 4.79 Å². The van der Waals surface area contributed by atoms with Gasteiger partial charge in [0, 0.05) is 16.9 Å². The molecule has 90 valence electrons. The third-order valence-electron chi connectivity index (χ3n) is 3.01. The number of aliphatic carboxylic acids is 1. The molecule has 1 atom stereocenters. The minimum atomic E-state index is -0.792. The van der Waals surface area contributed by atoms with Crippen molar-refractivity contribution in [2.45, 2.75) is 32.6 Å². The molecule has 0 fully saturated rings. The van der Waals surface area contributed by atoms with Gasteiger partial charge in [-0.05, 0) is 12.5 Å². The molecule has 1 aromatic carbocycles. The van der Waals surface area contributed by atoms with E-state index in [0.29, 0.717) is 0 Å². The van der Waals surface area contributed by atoms with E-state index >= 15 is 0 Å². The van der Waals surface area contributed by atoms with E-state index in [1.165, 1.54) is 0 Å². The Kier molecular flexibility index (Phi) is 3.18. The minimum Gasteiger partial charge on any atom is -0.481 e. The molecule has 0 aliphatic carbocycles. The fourth-order valence-electron chi connectivity index (χ4n) is 2.24. The molecule has 0 amide bonds. The van der Waals surface area contributed by atoms with Crippen LogP contribution in [0.25, 0.3) is 11.0 Å². The van der Waals surface area contributed by atoms with Crippen LogP contribution in [-0.4, -0.2) is 11.1 Å². The molecule has 2 rings (SSSR count). The summed E-state index contributed by atoms with van der Waals surface area (Å²) in [7, 11) is 0. The number of carboxylic acid groups (broad SMARTS) is 1. The molecule has 2 aromatic rings. The topological polar surface area (TPSA) is 50.4 Å². The second-order valence-corrected chi connectivity index (χ2v) is 4.29. The smallest absolute Gasteiger partial charge is 0.304 e. The van der Waals surface area contributed by atoms with E-state index in [1.807, 2.05) is 31.2 Å². The molecular weight excluding hydrogens is 216 g/mol. The number of carbonyl (C=O) groups is 1. The Morgan fingerprint density at radius 1 is 1.41 bits per heavy atom.